The molecular weight excluding hydrogens is 204 g/mol. The van der Waals surface area contributed by atoms with Crippen LogP contribution in [-0.2, 0) is 9.59 Å². The van der Waals surface area contributed by atoms with E-state index in [-0.39, 0.29) is 11.8 Å². The highest BCUT2D eigenvalue weighted by Crippen LogP contribution is 2.21. The lowest BCUT2D eigenvalue weighted by Crippen LogP contribution is -2.34. The summed E-state index contributed by atoms with van der Waals surface area (Å²) in [6.45, 7) is 3.04. The molecule has 0 radical (unpaired) electrons. The summed E-state index contributed by atoms with van der Waals surface area (Å²) in [5, 5.41) is 0. The molecule has 1 saturated heterocycles. The highest BCUT2D eigenvalue weighted by Gasteiger charge is 2.26. The minimum atomic E-state index is -0.278. The van der Waals surface area contributed by atoms with Crippen LogP contribution in [0.1, 0.15) is 51.9 Å². The Balaban J connectivity index is 2.21. The van der Waals surface area contributed by atoms with E-state index in [4.69, 9.17) is 5.73 Å². The summed E-state index contributed by atoms with van der Waals surface area (Å²) >= 11 is 0. The first-order valence-electron chi connectivity index (χ1n) is 6.23. The summed E-state index contributed by atoms with van der Waals surface area (Å²) in [6.07, 6.45) is 5.77. The van der Waals surface area contributed by atoms with Crippen molar-refractivity contribution in [1.82, 2.24) is 4.90 Å². The second-order valence-corrected chi connectivity index (χ2v) is 4.46. The number of hydrogen-bond acceptors (Lipinski definition) is 2. The predicted molar refractivity (Wildman–Crippen MR) is 62.7 cm³/mol. The Hall–Kier alpha value is -1.06. The summed E-state index contributed by atoms with van der Waals surface area (Å²) in [5.74, 6) is -0.0334. The lowest BCUT2D eigenvalue weighted by molar-refractivity contribution is -0.132. The fraction of sp³-hybridized carbons (Fsp3) is 0.833. The molecule has 2 amide bonds. The van der Waals surface area contributed by atoms with Gasteiger partial charge in [-0.1, -0.05) is 6.92 Å². The molecule has 0 saturated carbocycles. The molecule has 2 N–H and O–H groups in total. The predicted octanol–water partition coefficient (Wildman–Crippen LogP) is 1.43. The van der Waals surface area contributed by atoms with E-state index in [9.17, 15) is 9.59 Å². The van der Waals surface area contributed by atoms with Gasteiger partial charge in [0.25, 0.3) is 0 Å². The Morgan fingerprint density at radius 2 is 2.00 bits per heavy atom. The van der Waals surface area contributed by atoms with E-state index in [2.05, 4.69) is 6.92 Å². The van der Waals surface area contributed by atoms with Crippen molar-refractivity contribution in [3.63, 3.8) is 0 Å². The van der Waals surface area contributed by atoms with Crippen molar-refractivity contribution in [2.24, 2.45) is 5.73 Å². The molecule has 0 spiro atoms. The van der Waals surface area contributed by atoms with Gasteiger partial charge in [-0.2, -0.15) is 0 Å². The monoisotopic (exact) mass is 226 g/mol. The van der Waals surface area contributed by atoms with E-state index in [1.54, 1.807) is 0 Å². The number of unbranched alkanes of at least 4 members (excludes halogenated alkanes) is 1. The Kier molecular flexibility index (Phi) is 5.29. The molecule has 1 fully saturated rings. The first-order chi connectivity index (χ1) is 7.65. The maximum Gasteiger partial charge on any atom is 0.222 e. The minimum Gasteiger partial charge on any atom is -0.370 e. The van der Waals surface area contributed by atoms with Gasteiger partial charge in [0, 0.05) is 25.4 Å². The molecule has 1 aliphatic rings. The summed E-state index contributed by atoms with van der Waals surface area (Å²) in [6, 6.07) is 0.448. The third kappa shape index (κ3) is 3.83. The first-order valence-corrected chi connectivity index (χ1v) is 6.23. The van der Waals surface area contributed by atoms with Gasteiger partial charge in [-0.15, -0.1) is 0 Å². The summed E-state index contributed by atoms with van der Waals surface area (Å²) in [7, 11) is 0. The third-order valence-electron chi connectivity index (χ3n) is 3.23. The van der Waals surface area contributed by atoms with Crippen molar-refractivity contribution in [3.05, 3.63) is 0 Å². The van der Waals surface area contributed by atoms with Crippen LogP contribution < -0.4 is 5.73 Å². The Morgan fingerprint density at radius 3 is 2.62 bits per heavy atom. The third-order valence-corrected chi connectivity index (χ3v) is 3.23. The summed E-state index contributed by atoms with van der Waals surface area (Å²) < 4.78 is 0. The van der Waals surface area contributed by atoms with Crippen molar-refractivity contribution in [3.8, 4) is 0 Å². The van der Waals surface area contributed by atoms with Crippen molar-refractivity contribution >= 4 is 11.8 Å². The van der Waals surface area contributed by atoms with Gasteiger partial charge in [0.1, 0.15) is 0 Å². The van der Waals surface area contributed by atoms with E-state index in [0.29, 0.717) is 18.9 Å². The number of hydrogen-bond donors (Lipinski definition) is 1. The van der Waals surface area contributed by atoms with Crippen LogP contribution in [0, 0.1) is 0 Å². The van der Waals surface area contributed by atoms with Crippen LogP contribution in [-0.4, -0.2) is 29.3 Å². The minimum absolute atomic E-state index is 0.244. The molecule has 0 aliphatic carbocycles. The van der Waals surface area contributed by atoms with E-state index in [1.807, 2.05) is 4.90 Å². The average Bonchev–Trinajstić information content (AvgIpc) is 2.71. The fourth-order valence-corrected chi connectivity index (χ4v) is 2.31. The fourth-order valence-electron chi connectivity index (χ4n) is 2.31. The SMILES string of the molecule is CCC1CCCN1C(=O)CCCCC(N)=O. The molecule has 1 aliphatic heterocycles. The molecule has 0 aromatic heterocycles. The van der Waals surface area contributed by atoms with E-state index < -0.39 is 0 Å². The van der Waals surface area contributed by atoms with Gasteiger partial charge in [-0.05, 0) is 32.1 Å². The highest BCUT2D eigenvalue weighted by atomic mass is 16.2. The van der Waals surface area contributed by atoms with Crippen LogP contribution in [0.3, 0.4) is 0 Å². The van der Waals surface area contributed by atoms with Crippen LogP contribution in [0.25, 0.3) is 0 Å². The highest BCUT2D eigenvalue weighted by molar-refractivity contribution is 5.77. The van der Waals surface area contributed by atoms with Crippen molar-refractivity contribution in [1.29, 1.82) is 0 Å². The molecule has 0 bridgehead atoms. The lowest BCUT2D eigenvalue weighted by Gasteiger charge is -2.23. The normalized spacial score (nSPS) is 20.1. The van der Waals surface area contributed by atoms with Gasteiger partial charge in [0.2, 0.25) is 11.8 Å². The number of amides is 2. The summed E-state index contributed by atoms with van der Waals surface area (Å²) in [5.41, 5.74) is 5.04. The number of primary amides is 1. The first kappa shape index (κ1) is 13.0. The molecule has 1 rings (SSSR count). The Labute approximate surface area is 97.2 Å². The maximum absolute atomic E-state index is 11.9. The molecule has 4 nitrogen and oxygen atoms in total. The van der Waals surface area contributed by atoms with Gasteiger partial charge >= 0.3 is 0 Å². The molecule has 1 heterocycles. The van der Waals surface area contributed by atoms with Crippen molar-refractivity contribution in [2.75, 3.05) is 6.54 Å². The number of nitrogens with zero attached hydrogens (tertiary/aromatic N) is 1. The maximum atomic E-state index is 11.9. The quantitative estimate of drug-likeness (QED) is 0.696. The molecule has 1 atom stereocenters. The standard InChI is InChI=1S/C12H22N2O2/c1-2-10-6-5-9-14(10)12(16)8-4-3-7-11(13)15/h10H,2-9H2,1H3,(H2,13,15). The molecule has 0 aromatic carbocycles. The number of nitrogens with two attached hydrogens (primary N) is 1. The smallest absolute Gasteiger partial charge is 0.222 e. The Bertz CT molecular complexity index is 253. The van der Waals surface area contributed by atoms with Crippen LogP contribution in [0.4, 0.5) is 0 Å². The summed E-state index contributed by atoms with van der Waals surface area (Å²) in [4.78, 5) is 24.4. The van der Waals surface area contributed by atoms with Gasteiger partial charge in [-0.3, -0.25) is 9.59 Å². The topological polar surface area (TPSA) is 63.4 Å². The van der Waals surface area contributed by atoms with Gasteiger partial charge in [0.05, 0.1) is 0 Å². The van der Waals surface area contributed by atoms with Gasteiger partial charge in [-0.25, -0.2) is 0 Å². The number of carbonyl (C=O) groups is 2. The zero-order chi connectivity index (χ0) is 12.0. The van der Waals surface area contributed by atoms with Crippen LogP contribution in [0.5, 0.6) is 0 Å². The zero-order valence-electron chi connectivity index (χ0n) is 10.1. The molecule has 16 heavy (non-hydrogen) atoms. The van der Waals surface area contributed by atoms with Crippen LogP contribution >= 0.6 is 0 Å². The lowest BCUT2D eigenvalue weighted by atomic mass is 10.1. The van der Waals surface area contributed by atoms with Gasteiger partial charge < -0.3 is 10.6 Å². The second kappa shape index (κ2) is 6.51. The number of likely N-dealkylation sites (tertiary alicyclic amines) is 1. The molecule has 92 valence electrons. The molecule has 1 unspecified atom stereocenters. The van der Waals surface area contributed by atoms with E-state index in [1.165, 1.54) is 0 Å². The molecule has 0 aromatic rings. The largest absolute Gasteiger partial charge is 0.370 e. The van der Waals surface area contributed by atoms with Crippen molar-refractivity contribution in [2.45, 2.75) is 57.9 Å². The van der Waals surface area contributed by atoms with Crippen LogP contribution in [0.15, 0.2) is 0 Å². The molecule has 4 heteroatoms. The molecular formula is C12H22N2O2. The average molecular weight is 226 g/mol. The van der Waals surface area contributed by atoms with Gasteiger partial charge in [0.15, 0.2) is 0 Å². The zero-order valence-corrected chi connectivity index (χ0v) is 10.1. The second-order valence-electron chi connectivity index (χ2n) is 4.46. The number of rotatable bonds is 6. The van der Waals surface area contributed by atoms with Crippen molar-refractivity contribution < 1.29 is 9.59 Å². The number of carbonyl (C=O) groups excluding carboxylic acids is 2. The van der Waals surface area contributed by atoms with Crippen LogP contribution in [0.2, 0.25) is 0 Å². The van der Waals surface area contributed by atoms with E-state index in [0.717, 1.165) is 38.6 Å². The Morgan fingerprint density at radius 1 is 1.31 bits per heavy atom. The van der Waals surface area contributed by atoms with E-state index >= 15 is 0 Å².